The highest BCUT2D eigenvalue weighted by Crippen LogP contribution is 2.19. The van der Waals surface area contributed by atoms with Gasteiger partial charge in [0.25, 0.3) is 0 Å². The molecule has 0 heterocycles. The van der Waals surface area contributed by atoms with Crippen molar-refractivity contribution in [1.29, 1.82) is 0 Å². The summed E-state index contributed by atoms with van der Waals surface area (Å²) < 4.78 is 25.1. The number of hydrogen-bond donors (Lipinski definition) is 1. The summed E-state index contributed by atoms with van der Waals surface area (Å²) in [6, 6.07) is 0. The van der Waals surface area contributed by atoms with Crippen LogP contribution in [0.4, 0.5) is 4.79 Å². The fourth-order valence-corrected chi connectivity index (χ4v) is 3.28. The van der Waals surface area contributed by atoms with Gasteiger partial charge in [-0.15, -0.1) is 0 Å². The van der Waals surface area contributed by atoms with E-state index in [-0.39, 0.29) is 26.4 Å². The number of aliphatic hydroxyl groups is 1. The Morgan fingerprint density at radius 1 is 0.903 bits per heavy atom. The van der Waals surface area contributed by atoms with Crippen molar-refractivity contribution in [3.8, 4) is 0 Å². The van der Waals surface area contributed by atoms with E-state index in [0.29, 0.717) is 19.0 Å². The molecule has 0 aromatic rings. The van der Waals surface area contributed by atoms with Crippen LogP contribution in [-0.4, -0.2) is 107 Å². The van der Waals surface area contributed by atoms with Gasteiger partial charge in [-0.2, -0.15) is 11.8 Å². The molecular weight excluding hydrogens is 426 g/mol. The molecule has 0 saturated heterocycles. The van der Waals surface area contributed by atoms with Gasteiger partial charge in [0, 0.05) is 25.2 Å². The number of aliphatic hydroxyl groups excluding tert-OH is 1. The highest BCUT2D eigenvalue weighted by atomic mass is 32.2. The number of hydrogen-bond acceptors (Lipinski definition) is 10. The van der Waals surface area contributed by atoms with E-state index < -0.39 is 24.1 Å². The summed E-state index contributed by atoms with van der Waals surface area (Å²) >= 11 is 1.72. The molecule has 0 aliphatic carbocycles. The third kappa shape index (κ3) is 15.4. The maximum Gasteiger partial charge on any atom is 0.508 e. The van der Waals surface area contributed by atoms with Crippen molar-refractivity contribution in [1.82, 2.24) is 4.90 Å². The number of thioether (sulfide) groups is 1. The second kappa shape index (κ2) is 19.6. The lowest BCUT2D eigenvalue weighted by Crippen LogP contribution is -2.39. The molecule has 0 radical (unpaired) electrons. The zero-order valence-electron chi connectivity index (χ0n) is 19.6. The predicted molar refractivity (Wildman–Crippen MR) is 120 cm³/mol. The zero-order valence-corrected chi connectivity index (χ0v) is 20.4. The minimum absolute atomic E-state index is 0.0218. The number of methoxy groups -OCH3 is 1. The first-order valence-corrected chi connectivity index (χ1v) is 12.0. The third-order valence-electron chi connectivity index (χ3n) is 4.32. The minimum atomic E-state index is -1.34. The van der Waals surface area contributed by atoms with Crippen LogP contribution < -0.4 is 0 Å². The van der Waals surface area contributed by atoms with Crippen LogP contribution in [0.3, 0.4) is 0 Å². The number of nitrogens with zero attached hydrogens (tertiary/aromatic N) is 1. The molecule has 184 valence electrons. The third-order valence-corrected chi connectivity index (χ3v) is 5.25. The van der Waals surface area contributed by atoms with E-state index in [9.17, 15) is 14.7 Å². The number of esters is 1. The van der Waals surface area contributed by atoms with E-state index in [2.05, 4.69) is 18.7 Å². The summed E-state index contributed by atoms with van der Waals surface area (Å²) in [5.74, 6) is 1.04. The van der Waals surface area contributed by atoms with Crippen LogP contribution >= 0.6 is 11.8 Å². The van der Waals surface area contributed by atoms with Crippen molar-refractivity contribution < 1.29 is 38.4 Å². The van der Waals surface area contributed by atoms with Crippen molar-refractivity contribution in [2.24, 2.45) is 5.41 Å². The maximum absolute atomic E-state index is 12.3. The van der Waals surface area contributed by atoms with Crippen LogP contribution in [-0.2, 0) is 28.5 Å². The first-order valence-electron chi connectivity index (χ1n) is 10.9. The van der Waals surface area contributed by atoms with Crippen LogP contribution in [0.15, 0.2) is 0 Å². The van der Waals surface area contributed by atoms with Gasteiger partial charge in [0.05, 0.1) is 26.4 Å². The Kier molecular flexibility index (Phi) is 18.9. The van der Waals surface area contributed by atoms with Gasteiger partial charge in [-0.3, -0.25) is 4.79 Å². The van der Waals surface area contributed by atoms with E-state index in [0.717, 1.165) is 38.2 Å². The zero-order chi connectivity index (χ0) is 23.4. The molecule has 0 spiro atoms. The van der Waals surface area contributed by atoms with Crippen LogP contribution in [0.2, 0.25) is 0 Å². The summed E-state index contributed by atoms with van der Waals surface area (Å²) in [5.41, 5.74) is -1.34. The van der Waals surface area contributed by atoms with Gasteiger partial charge in [0.1, 0.15) is 25.2 Å². The first-order chi connectivity index (χ1) is 14.9. The summed E-state index contributed by atoms with van der Waals surface area (Å²) in [6.07, 6.45) is 1.35. The summed E-state index contributed by atoms with van der Waals surface area (Å²) in [6.45, 7) is 9.54. The van der Waals surface area contributed by atoms with Crippen molar-refractivity contribution in [3.63, 3.8) is 0 Å². The van der Waals surface area contributed by atoms with Crippen LogP contribution in [0.5, 0.6) is 0 Å². The van der Waals surface area contributed by atoms with Crippen molar-refractivity contribution >= 4 is 23.9 Å². The van der Waals surface area contributed by atoms with Crippen molar-refractivity contribution in [3.05, 3.63) is 0 Å². The second-order valence-electron chi connectivity index (χ2n) is 7.30. The van der Waals surface area contributed by atoms with E-state index in [1.165, 1.54) is 6.92 Å². The highest BCUT2D eigenvalue weighted by Gasteiger charge is 2.36. The van der Waals surface area contributed by atoms with Crippen LogP contribution in [0, 0.1) is 5.41 Å². The average Bonchev–Trinajstić information content (AvgIpc) is 2.76. The summed E-state index contributed by atoms with van der Waals surface area (Å²) in [5, 5.41) is 9.59. The fourth-order valence-electron chi connectivity index (χ4n) is 2.49. The van der Waals surface area contributed by atoms with E-state index >= 15 is 0 Å². The Balaban J connectivity index is 4.03. The predicted octanol–water partition coefficient (Wildman–Crippen LogP) is 2.20. The SMILES string of the molecule is CCCN(CCC)CCSCCOC(=O)C(C)(CO)COC(=O)OCCOCCOC. The van der Waals surface area contributed by atoms with Crippen LogP contribution in [0.25, 0.3) is 0 Å². The summed E-state index contributed by atoms with van der Waals surface area (Å²) in [4.78, 5) is 26.4. The van der Waals surface area contributed by atoms with Gasteiger partial charge < -0.3 is 33.7 Å². The second-order valence-corrected chi connectivity index (χ2v) is 8.53. The largest absolute Gasteiger partial charge is 0.508 e. The van der Waals surface area contributed by atoms with Crippen molar-refractivity contribution in [2.45, 2.75) is 33.6 Å². The standard InChI is InChI=1S/C21H41NO8S/c1-5-7-22(8-6-2)9-15-31-16-14-28-19(24)21(3,17-23)18-30-20(25)29-13-12-27-11-10-26-4/h23H,5-18H2,1-4H3. The Hall–Kier alpha value is -1.07. The van der Waals surface area contributed by atoms with Gasteiger partial charge in [-0.25, -0.2) is 4.79 Å². The topological polar surface area (TPSA) is 104 Å². The Labute approximate surface area is 191 Å². The molecule has 0 bridgehead atoms. The summed E-state index contributed by atoms with van der Waals surface area (Å²) in [7, 11) is 1.56. The molecule has 10 heteroatoms. The molecule has 0 fully saturated rings. The smallest absolute Gasteiger partial charge is 0.464 e. The average molecular weight is 468 g/mol. The van der Waals surface area contributed by atoms with Gasteiger partial charge in [0.2, 0.25) is 0 Å². The van der Waals surface area contributed by atoms with E-state index in [4.69, 9.17) is 23.7 Å². The lowest BCUT2D eigenvalue weighted by atomic mass is 9.93. The molecule has 0 aliphatic rings. The number of carbonyl (C=O) groups is 2. The molecule has 1 unspecified atom stereocenters. The highest BCUT2D eigenvalue weighted by molar-refractivity contribution is 7.99. The lowest BCUT2D eigenvalue weighted by Gasteiger charge is -2.24. The van der Waals surface area contributed by atoms with Gasteiger partial charge in [-0.1, -0.05) is 13.8 Å². The van der Waals surface area contributed by atoms with Gasteiger partial charge >= 0.3 is 12.1 Å². The van der Waals surface area contributed by atoms with Crippen LogP contribution in [0.1, 0.15) is 33.6 Å². The molecule has 0 amide bonds. The quantitative estimate of drug-likeness (QED) is 0.212. The van der Waals surface area contributed by atoms with Gasteiger partial charge in [-0.05, 0) is 32.9 Å². The number of ether oxygens (including phenoxy) is 5. The van der Waals surface area contributed by atoms with E-state index in [1.54, 1.807) is 18.9 Å². The molecule has 1 atom stereocenters. The first kappa shape index (κ1) is 29.9. The Bertz CT molecular complexity index is 463. The lowest BCUT2D eigenvalue weighted by molar-refractivity contribution is -0.159. The maximum atomic E-state index is 12.3. The molecule has 0 saturated carbocycles. The molecule has 9 nitrogen and oxygen atoms in total. The minimum Gasteiger partial charge on any atom is -0.464 e. The van der Waals surface area contributed by atoms with E-state index in [1.807, 2.05) is 0 Å². The normalized spacial score (nSPS) is 13.1. The Morgan fingerprint density at radius 2 is 1.58 bits per heavy atom. The van der Waals surface area contributed by atoms with Gasteiger partial charge in [0.15, 0.2) is 0 Å². The fraction of sp³-hybridized carbons (Fsp3) is 0.905. The molecule has 1 N–H and O–H groups in total. The molecule has 0 rings (SSSR count). The number of rotatable bonds is 20. The molecular formula is C21H41NO8S. The molecule has 0 aliphatic heterocycles. The Morgan fingerprint density at radius 3 is 2.19 bits per heavy atom. The monoisotopic (exact) mass is 467 g/mol. The molecule has 0 aromatic heterocycles. The molecule has 0 aromatic carbocycles. The van der Waals surface area contributed by atoms with Crippen molar-refractivity contribution in [2.75, 3.05) is 84.5 Å². The number of carbonyl (C=O) groups excluding carboxylic acids is 2. The molecule has 31 heavy (non-hydrogen) atoms.